The van der Waals surface area contributed by atoms with Crippen LogP contribution in [0, 0.1) is 13.8 Å². The van der Waals surface area contributed by atoms with Gasteiger partial charge in [-0.25, -0.2) is 4.99 Å². The van der Waals surface area contributed by atoms with Crippen LogP contribution in [0.25, 0.3) is 0 Å². The number of nitrogens with zero attached hydrogens (tertiary/aromatic N) is 2. The highest BCUT2D eigenvalue weighted by Gasteiger charge is 2.20. The van der Waals surface area contributed by atoms with Gasteiger partial charge in [-0.2, -0.15) is 0 Å². The number of halogens is 1. The summed E-state index contributed by atoms with van der Waals surface area (Å²) in [6.07, 6.45) is 0.929. The fourth-order valence-corrected chi connectivity index (χ4v) is 3.61. The Balaban J connectivity index is 0.00000225. The first-order valence-corrected chi connectivity index (χ1v) is 8.88. The molecule has 0 spiro atoms. The van der Waals surface area contributed by atoms with Gasteiger partial charge >= 0.3 is 0 Å². The van der Waals surface area contributed by atoms with Crippen LogP contribution in [-0.4, -0.2) is 29.9 Å². The second-order valence-corrected chi connectivity index (χ2v) is 7.06. The smallest absolute Gasteiger partial charge is 0.244 e. The largest absolute Gasteiger partial charge is 0.370 e. The zero-order valence-corrected chi connectivity index (χ0v) is 17.6. The third-order valence-corrected chi connectivity index (χ3v) is 5.35. The number of hydrogen-bond donors (Lipinski definition) is 2. The maximum Gasteiger partial charge on any atom is 0.244 e. The molecule has 0 fully saturated rings. The minimum absolute atomic E-state index is 0. The number of guanidine groups is 1. The minimum atomic E-state index is 0. The molecule has 0 atom stereocenters. The van der Waals surface area contributed by atoms with E-state index in [9.17, 15) is 4.79 Å². The number of amides is 1. The number of nitrogens with two attached hydrogens (primary N) is 1. The number of anilines is 1. The number of aryl methyl sites for hydroxylation is 2. The molecule has 0 saturated heterocycles. The van der Waals surface area contributed by atoms with Gasteiger partial charge in [0.05, 0.1) is 0 Å². The van der Waals surface area contributed by atoms with Gasteiger partial charge in [-0.05, 0) is 60.5 Å². The van der Waals surface area contributed by atoms with Gasteiger partial charge < -0.3 is 16.0 Å². The molecule has 1 amide bonds. The van der Waals surface area contributed by atoms with E-state index >= 15 is 0 Å². The van der Waals surface area contributed by atoms with Gasteiger partial charge in [0, 0.05) is 23.7 Å². The Hall–Kier alpha value is -1.61. The van der Waals surface area contributed by atoms with E-state index in [1.54, 1.807) is 11.3 Å². The maximum absolute atomic E-state index is 12.3. The number of aliphatic imine (C=N–C) groups is 1. The van der Waals surface area contributed by atoms with Crippen molar-refractivity contribution in [1.82, 2.24) is 4.90 Å². The molecule has 7 heteroatoms. The van der Waals surface area contributed by atoms with Gasteiger partial charge in [0.25, 0.3) is 0 Å². The first-order valence-electron chi connectivity index (χ1n) is 8.00. The molecule has 2 aromatic rings. The lowest BCUT2D eigenvalue weighted by atomic mass is 10.1. The molecule has 0 radical (unpaired) electrons. The predicted octanol–water partition coefficient (Wildman–Crippen LogP) is 3.29. The van der Waals surface area contributed by atoms with E-state index in [2.05, 4.69) is 28.7 Å². The van der Waals surface area contributed by atoms with Crippen molar-refractivity contribution in [3.63, 3.8) is 0 Å². The lowest BCUT2D eigenvalue weighted by Crippen LogP contribution is -2.37. The Morgan fingerprint density at radius 1 is 1.32 bits per heavy atom. The second-order valence-electron chi connectivity index (χ2n) is 6.06. The molecule has 3 rings (SSSR count). The Bertz CT molecular complexity index is 787. The van der Waals surface area contributed by atoms with Crippen LogP contribution in [0.4, 0.5) is 5.69 Å². The van der Waals surface area contributed by atoms with Crippen LogP contribution in [0.1, 0.15) is 21.6 Å². The van der Waals surface area contributed by atoms with E-state index in [1.807, 2.05) is 30.0 Å². The van der Waals surface area contributed by atoms with E-state index in [0.29, 0.717) is 6.54 Å². The summed E-state index contributed by atoms with van der Waals surface area (Å²) in [6.45, 7) is 5.62. The maximum atomic E-state index is 12.3. The van der Waals surface area contributed by atoms with Crippen molar-refractivity contribution in [2.45, 2.75) is 26.8 Å². The summed E-state index contributed by atoms with van der Waals surface area (Å²) in [5.41, 5.74) is 10.4. The normalized spacial score (nSPS) is 13.8. The van der Waals surface area contributed by atoms with Gasteiger partial charge in [0.2, 0.25) is 5.91 Å². The van der Waals surface area contributed by atoms with Crippen LogP contribution < -0.4 is 11.1 Å². The van der Waals surface area contributed by atoms with Crippen molar-refractivity contribution in [1.29, 1.82) is 0 Å². The lowest BCUT2D eigenvalue weighted by Gasteiger charge is -2.26. The van der Waals surface area contributed by atoms with Crippen LogP contribution in [0.3, 0.4) is 0 Å². The molecule has 5 nitrogen and oxygen atoms in total. The van der Waals surface area contributed by atoms with E-state index in [1.165, 1.54) is 21.6 Å². The summed E-state index contributed by atoms with van der Waals surface area (Å²) in [5.74, 6) is 0.275. The molecule has 0 unspecified atom stereocenters. The molecule has 1 aromatic carbocycles. The van der Waals surface area contributed by atoms with Gasteiger partial charge in [0.1, 0.15) is 6.54 Å². The Morgan fingerprint density at radius 2 is 2.12 bits per heavy atom. The molecule has 1 aliphatic heterocycles. The lowest BCUT2D eigenvalue weighted by molar-refractivity contribution is -0.130. The first-order chi connectivity index (χ1) is 11.5. The molecule has 134 valence electrons. The molecular formula is C18H23IN4OS. The highest BCUT2D eigenvalue weighted by Crippen LogP contribution is 2.23. The van der Waals surface area contributed by atoms with Crippen LogP contribution in [0.15, 0.2) is 34.6 Å². The third kappa shape index (κ3) is 4.94. The van der Waals surface area contributed by atoms with Crippen LogP contribution in [-0.2, 0) is 17.8 Å². The number of hydrogen-bond acceptors (Lipinski definition) is 3. The summed E-state index contributed by atoms with van der Waals surface area (Å²) in [4.78, 5) is 19.7. The van der Waals surface area contributed by atoms with Gasteiger partial charge in [0.15, 0.2) is 5.96 Å². The van der Waals surface area contributed by atoms with Crippen LogP contribution in [0.5, 0.6) is 0 Å². The predicted molar refractivity (Wildman–Crippen MR) is 115 cm³/mol. The average molecular weight is 470 g/mol. The fraction of sp³-hybridized carbons (Fsp3) is 0.333. The van der Waals surface area contributed by atoms with Crippen molar-refractivity contribution < 1.29 is 4.79 Å². The Labute approximate surface area is 169 Å². The van der Waals surface area contributed by atoms with E-state index in [0.717, 1.165) is 18.7 Å². The highest BCUT2D eigenvalue weighted by atomic mass is 127. The van der Waals surface area contributed by atoms with Gasteiger partial charge in [-0.3, -0.25) is 4.79 Å². The first kappa shape index (κ1) is 19.7. The highest BCUT2D eigenvalue weighted by molar-refractivity contribution is 14.0. The zero-order valence-electron chi connectivity index (χ0n) is 14.4. The summed E-state index contributed by atoms with van der Waals surface area (Å²) in [5, 5.41) is 5.12. The topological polar surface area (TPSA) is 70.7 Å². The molecule has 25 heavy (non-hydrogen) atoms. The number of thiophene rings is 1. The fourth-order valence-electron chi connectivity index (χ4n) is 2.72. The number of nitrogens with one attached hydrogen (secondary N) is 1. The monoisotopic (exact) mass is 470 g/mol. The van der Waals surface area contributed by atoms with E-state index in [4.69, 9.17) is 5.73 Å². The molecule has 2 heterocycles. The second kappa shape index (κ2) is 8.66. The van der Waals surface area contributed by atoms with E-state index in [-0.39, 0.29) is 42.4 Å². The number of carbonyl (C=O) groups excluding carboxylic acids is 1. The molecule has 1 aliphatic rings. The van der Waals surface area contributed by atoms with Crippen molar-refractivity contribution in [3.8, 4) is 0 Å². The average Bonchev–Trinajstić information content (AvgIpc) is 3.03. The quantitative estimate of drug-likeness (QED) is 0.411. The summed E-state index contributed by atoms with van der Waals surface area (Å²) in [7, 11) is 0. The van der Waals surface area contributed by atoms with Crippen molar-refractivity contribution in [3.05, 3.63) is 51.2 Å². The van der Waals surface area contributed by atoms with Crippen LogP contribution >= 0.6 is 35.3 Å². The van der Waals surface area contributed by atoms with Crippen molar-refractivity contribution in [2.24, 2.45) is 10.7 Å². The number of carbonyl (C=O) groups is 1. The Morgan fingerprint density at radius 3 is 2.88 bits per heavy atom. The SMILES string of the molecule is Cc1ccc(NC(N)=NCC(=O)N2CCc3sccc3C2)cc1C.I. The standard InChI is InChI=1S/C18H22N4OS.HI/c1-12-3-4-15(9-13(12)2)21-18(19)20-10-17(23)22-7-5-16-14(11-22)6-8-24-16;/h3-4,6,8-9H,5,7,10-11H2,1-2H3,(H3,19,20,21);1H. The number of rotatable bonds is 3. The molecule has 0 saturated carbocycles. The summed E-state index contributed by atoms with van der Waals surface area (Å²) in [6, 6.07) is 8.10. The minimum Gasteiger partial charge on any atom is -0.370 e. The molecule has 0 aliphatic carbocycles. The molecule has 0 bridgehead atoms. The third-order valence-electron chi connectivity index (χ3n) is 4.32. The zero-order chi connectivity index (χ0) is 17.1. The van der Waals surface area contributed by atoms with Crippen molar-refractivity contribution in [2.75, 3.05) is 18.4 Å². The van der Waals surface area contributed by atoms with Crippen molar-refractivity contribution >= 4 is 52.9 Å². The molecular weight excluding hydrogens is 447 g/mol. The number of fused-ring (bicyclic) bond motifs is 1. The molecule has 1 aromatic heterocycles. The van der Waals surface area contributed by atoms with Gasteiger partial charge in [-0.1, -0.05) is 6.07 Å². The Kier molecular flexibility index (Phi) is 6.83. The molecule has 3 N–H and O–H groups in total. The van der Waals surface area contributed by atoms with Gasteiger partial charge in [-0.15, -0.1) is 35.3 Å². The number of benzene rings is 1. The summed E-state index contributed by atoms with van der Waals surface area (Å²) >= 11 is 1.77. The summed E-state index contributed by atoms with van der Waals surface area (Å²) < 4.78 is 0. The van der Waals surface area contributed by atoms with Crippen LogP contribution in [0.2, 0.25) is 0 Å². The van der Waals surface area contributed by atoms with E-state index < -0.39 is 0 Å².